The number of likely N-dealkylation sites (tertiary alicyclic amines) is 1. The van der Waals surface area contributed by atoms with Gasteiger partial charge in [0.2, 0.25) is 11.8 Å². The molecule has 142 valence electrons. The lowest BCUT2D eigenvalue weighted by atomic mass is 10.1. The van der Waals surface area contributed by atoms with Gasteiger partial charge in [-0.3, -0.25) is 9.59 Å². The van der Waals surface area contributed by atoms with Crippen LogP contribution in [0, 0.1) is 5.92 Å². The van der Waals surface area contributed by atoms with Gasteiger partial charge in [0.05, 0.1) is 0 Å². The Labute approximate surface area is 163 Å². The minimum absolute atomic E-state index is 0.0831. The number of nitrogens with zero attached hydrogens (tertiary/aromatic N) is 1. The minimum Gasteiger partial charge on any atom is -0.355 e. The second kappa shape index (κ2) is 6.82. The van der Waals surface area contributed by atoms with Gasteiger partial charge < -0.3 is 15.2 Å². The topological polar surface area (TPSA) is 65.2 Å². The van der Waals surface area contributed by atoms with Crippen LogP contribution in [0.5, 0.6) is 0 Å². The Morgan fingerprint density at radius 3 is 2.68 bits per heavy atom. The molecule has 0 radical (unpaired) electrons. The molecule has 2 N–H and O–H groups in total. The molecule has 0 bridgehead atoms. The van der Waals surface area contributed by atoms with Crippen molar-refractivity contribution in [1.29, 1.82) is 0 Å². The van der Waals surface area contributed by atoms with Crippen molar-refractivity contribution in [3.05, 3.63) is 54.6 Å². The van der Waals surface area contributed by atoms with Gasteiger partial charge in [-0.2, -0.15) is 0 Å². The van der Waals surface area contributed by atoms with E-state index < -0.39 is 0 Å². The SMILES string of the molecule is O=C(Nc1cccc(-c2cc3ccccc3[nH]2)c1)[C@@H]1CCCN1C(=O)C1CC1. The van der Waals surface area contributed by atoms with E-state index in [9.17, 15) is 9.59 Å². The zero-order valence-corrected chi connectivity index (χ0v) is 15.7. The predicted molar refractivity (Wildman–Crippen MR) is 110 cm³/mol. The number of carbonyl (C=O) groups is 2. The minimum atomic E-state index is -0.343. The summed E-state index contributed by atoms with van der Waals surface area (Å²) in [5, 5.41) is 4.18. The normalized spacial score (nSPS) is 19.1. The largest absolute Gasteiger partial charge is 0.355 e. The van der Waals surface area contributed by atoms with Crippen LogP contribution < -0.4 is 5.32 Å². The number of fused-ring (bicyclic) bond motifs is 1. The third kappa shape index (κ3) is 3.17. The first-order valence-corrected chi connectivity index (χ1v) is 9.98. The maximum absolute atomic E-state index is 12.8. The molecule has 5 rings (SSSR count). The van der Waals surface area contributed by atoms with Gasteiger partial charge in [-0.25, -0.2) is 0 Å². The average Bonchev–Trinajstić information content (AvgIpc) is 3.28. The van der Waals surface area contributed by atoms with Crippen LogP contribution in [-0.4, -0.2) is 34.3 Å². The molecule has 1 saturated heterocycles. The Bertz CT molecular complexity index is 1020. The van der Waals surface area contributed by atoms with Crippen LogP contribution in [-0.2, 0) is 9.59 Å². The van der Waals surface area contributed by atoms with Crippen molar-refractivity contribution in [2.24, 2.45) is 5.92 Å². The number of aromatic nitrogens is 1. The number of carbonyl (C=O) groups excluding carboxylic acids is 2. The zero-order valence-electron chi connectivity index (χ0n) is 15.7. The number of hydrogen-bond acceptors (Lipinski definition) is 2. The summed E-state index contributed by atoms with van der Waals surface area (Å²) in [5.74, 6) is 0.225. The molecule has 1 aliphatic heterocycles. The number of hydrogen-bond donors (Lipinski definition) is 2. The molecule has 0 spiro atoms. The maximum Gasteiger partial charge on any atom is 0.247 e. The summed E-state index contributed by atoms with van der Waals surface area (Å²) in [6.45, 7) is 0.697. The lowest BCUT2D eigenvalue weighted by Gasteiger charge is -2.24. The number of anilines is 1. The van der Waals surface area contributed by atoms with Crippen molar-refractivity contribution in [2.45, 2.75) is 31.7 Å². The molecule has 2 heterocycles. The summed E-state index contributed by atoms with van der Waals surface area (Å²) in [7, 11) is 0. The van der Waals surface area contributed by atoms with Crippen molar-refractivity contribution in [2.75, 3.05) is 11.9 Å². The quantitative estimate of drug-likeness (QED) is 0.721. The number of rotatable bonds is 4. The summed E-state index contributed by atoms with van der Waals surface area (Å²) in [6, 6.07) is 17.8. The van der Waals surface area contributed by atoms with Crippen LogP contribution in [0.3, 0.4) is 0 Å². The Balaban J connectivity index is 1.34. The highest BCUT2D eigenvalue weighted by Crippen LogP contribution is 2.34. The van der Waals surface area contributed by atoms with Gasteiger partial charge in [-0.1, -0.05) is 30.3 Å². The molecule has 28 heavy (non-hydrogen) atoms. The van der Waals surface area contributed by atoms with E-state index in [1.165, 1.54) is 0 Å². The van der Waals surface area contributed by atoms with E-state index in [0.29, 0.717) is 6.54 Å². The van der Waals surface area contributed by atoms with E-state index in [0.717, 1.165) is 53.5 Å². The highest BCUT2D eigenvalue weighted by Gasteiger charge is 2.40. The lowest BCUT2D eigenvalue weighted by Crippen LogP contribution is -2.43. The lowest BCUT2D eigenvalue weighted by molar-refractivity contribution is -0.137. The van der Waals surface area contributed by atoms with Gasteiger partial charge in [-0.05, 0) is 49.9 Å². The van der Waals surface area contributed by atoms with E-state index in [-0.39, 0.29) is 23.8 Å². The molecule has 1 aliphatic carbocycles. The number of H-pyrrole nitrogens is 1. The Hall–Kier alpha value is -3.08. The van der Waals surface area contributed by atoms with Crippen LogP contribution in [0.15, 0.2) is 54.6 Å². The van der Waals surface area contributed by atoms with Crippen molar-refractivity contribution < 1.29 is 9.59 Å². The van der Waals surface area contributed by atoms with Crippen LogP contribution >= 0.6 is 0 Å². The predicted octanol–water partition coefficient (Wildman–Crippen LogP) is 4.17. The summed E-state index contributed by atoms with van der Waals surface area (Å²) in [6.07, 6.45) is 3.57. The molecule has 2 aromatic carbocycles. The van der Waals surface area contributed by atoms with Gasteiger partial charge in [-0.15, -0.1) is 0 Å². The molecule has 3 aromatic rings. The van der Waals surface area contributed by atoms with Crippen molar-refractivity contribution in [3.63, 3.8) is 0 Å². The molecular formula is C23H23N3O2. The van der Waals surface area contributed by atoms with Crippen LogP contribution in [0.2, 0.25) is 0 Å². The van der Waals surface area contributed by atoms with E-state index in [1.54, 1.807) is 4.90 Å². The number of para-hydroxylation sites is 1. The molecule has 1 aromatic heterocycles. The Morgan fingerprint density at radius 2 is 1.86 bits per heavy atom. The van der Waals surface area contributed by atoms with Crippen LogP contribution in [0.1, 0.15) is 25.7 Å². The molecule has 2 aliphatic rings. The molecular weight excluding hydrogens is 350 g/mol. The van der Waals surface area contributed by atoms with E-state index >= 15 is 0 Å². The standard InChI is InChI=1S/C23H23N3O2/c27-22(21-9-4-12-26(21)23(28)15-10-11-15)24-18-7-3-6-16(13-18)20-14-17-5-1-2-8-19(17)25-20/h1-3,5-8,13-15,21,25H,4,9-12H2,(H,24,27)/t21-/m0/s1. The van der Waals surface area contributed by atoms with Gasteiger partial charge >= 0.3 is 0 Å². The second-order valence-electron chi connectivity index (χ2n) is 7.80. The van der Waals surface area contributed by atoms with Gasteiger partial charge in [0.25, 0.3) is 0 Å². The van der Waals surface area contributed by atoms with Crippen molar-refractivity contribution >= 4 is 28.4 Å². The molecule has 0 unspecified atom stereocenters. The Kier molecular flexibility index (Phi) is 4.15. The third-order valence-electron chi connectivity index (χ3n) is 5.74. The van der Waals surface area contributed by atoms with Crippen LogP contribution in [0.4, 0.5) is 5.69 Å². The highest BCUT2D eigenvalue weighted by atomic mass is 16.2. The monoisotopic (exact) mass is 373 g/mol. The fourth-order valence-electron chi connectivity index (χ4n) is 4.09. The molecule has 1 saturated carbocycles. The summed E-state index contributed by atoms with van der Waals surface area (Å²) in [4.78, 5) is 30.5. The first kappa shape index (κ1) is 17.0. The first-order chi connectivity index (χ1) is 13.7. The Morgan fingerprint density at radius 1 is 1.00 bits per heavy atom. The highest BCUT2D eigenvalue weighted by molar-refractivity contribution is 5.98. The van der Waals surface area contributed by atoms with Gasteiger partial charge in [0, 0.05) is 40.3 Å². The van der Waals surface area contributed by atoms with Crippen LogP contribution in [0.25, 0.3) is 22.2 Å². The molecule has 5 heteroatoms. The van der Waals surface area contributed by atoms with E-state index in [4.69, 9.17) is 0 Å². The van der Waals surface area contributed by atoms with Gasteiger partial charge in [0.1, 0.15) is 6.04 Å². The van der Waals surface area contributed by atoms with Crippen molar-refractivity contribution in [1.82, 2.24) is 9.88 Å². The fourth-order valence-corrected chi connectivity index (χ4v) is 4.09. The van der Waals surface area contributed by atoms with Gasteiger partial charge in [0.15, 0.2) is 0 Å². The molecule has 5 nitrogen and oxygen atoms in total. The van der Waals surface area contributed by atoms with Crippen molar-refractivity contribution in [3.8, 4) is 11.3 Å². The maximum atomic E-state index is 12.8. The third-order valence-corrected chi connectivity index (χ3v) is 5.74. The second-order valence-corrected chi connectivity index (χ2v) is 7.80. The van der Waals surface area contributed by atoms with E-state index in [2.05, 4.69) is 28.5 Å². The fraction of sp³-hybridized carbons (Fsp3) is 0.304. The zero-order chi connectivity index (χ0) is 19.1. The average molecular weight is 373 g/mol. The number of amides is 2. The molecule has 2 fully saturated rings. The number of aromatic amines is 1. The summed E-state index contributed by atoms with van der Waals surface area (Å²) in [5.41, 5.74) is 3.88. The van der Waals surface area contributed by atoms with E-state index in [1.807, 2.05) is 36.4 Å². The summed E-state index contributed by atoms with van der Waals surface area (Å²) < 4.78 is 0. The molecule has 2 amide bonds. The molecule has 1 atom stereocenters. The first-order valence-electron chi connectivity index (χ1n) is 9.98. The smallest absolute Gasteiger partial charge is 0.247 e. The number of benzene rings is 2. The number of nitrogens with one attached hydrogen (secondary N) is 2. The summed E-state index contributed by atoms with van der Waals surface area (Å²) >= 11 is 0.